The third-order valence-corrected chi connectivity index (χ3v) is 5.01. The topological polar surface area (TPSA) is 84.4 Å². The predicted molar refractivity (Wildman–Crippen MR) is 87.6 cm³/mol. The summed E-state index contributed by atoms with van der Waals surface area (Å²) in [5.41, 5.74) is 2.75. The van der Waals surface area contributed by atoms with Crippen LogP contribution in [0.4, 0.5) is 0 Å². The molecule has 1 aromatic carbocycles. The van der Waals surface area contributed by atoms with Crippen LogP contribution in [-0.4, -0.2) is 26.7 Å². The van der Waals surface area contributed by atoms with Gasteiger partial charge in [0, 0.05) is 5.92 Å². The zero-order chi connectivity index (χ0) is 17.1. The minimum atomic E-state index is -0.0885. The maximum atomic E-state index is 6.03. The summed E-state index contributed by atoms with van der Waals surface area (Å²) in [6, 6.07) is 7.86. The Balaban J connectivity index is 1.27. The Morgan fingerprint density at radius 1 is 1.08 bits per heavy atom. The van der Waals surface area contributed by atoms with Crippen molar-refractivity contribution in [3.8, 4) is 23.1 Å². The molecule has 0 amide bonds. The molecule has 8 nitrogen and oxygen atoms in total. The standard InChI is InChI=1S/C18H16N4O4/c1-2-10(1)17-19-18(26-21-17)13-6-12-8-23-16(7-22(12)20-13)11-3-4-14-15(5-11)25-9-24-14/h3-6,10,16H,1-2,7-9H2. The van der Waals surface area contributed by atoms with Crippen LogP contribution in [-0.2, 0) is 17.9 Å². The fraction of sp³-hybridized carbons (Fsp3) is 0.389. The van der Waals surface area contributed by atoms with Crippen molar-refractivity contribution in [1.82, 2.24) is 19.9 Å². The molecular weight excluding hydrogens is 336 g/mol. The number of benzene rings is 1. The number of ether oxygens (including phenoxy) is 3. The van der Waals surface area contributed by atoms with E-state index < -0.39 is 0 Å². The molecule has 6 rings (SSSR count). The molecule has 1 atom stereocenters. The lowest BCUT2D eigenvalue weighted by Crippen LogP contribution is -2.21. The summed E-state index contributed by atoms with van der Waals surface area (Å²) in [6.07, 6.45) is 2.20. The van der Waals surface area contributed by atoms with Crippen LogP contribution in [0.2, 0.25) is 0 Å². The SMILES string of the molecule is c1cc2c(cc1C1Cn3nc(-c4nc(C5CC5)no4)cc3CO1)OCO2. The van der Waals surface area contributed by atoms with Gasteiger partial charge in [0.15, 0.2) is 23.0 Å². The Morgan fingerprint density at radius 3 is 2.92 bits per heavy atom. The molecule has 0 saturated heterocycles. The van der Waals surface area contributed by atoms with E-state index in [0.29, 0.717) is 30.7 Å². The molecule has 1 fully saturated rings. The lowest BCUT2D eigenvalue weighted by molar-refractivity contribution is -0.00122. The van der Waals surface area contributed by atoms with Crippen LogP contribution >= 0.6 is 0 Å². The van der Waals surface area contributed by atoms with E-state index in [0.717, 1.165) is 41.4 Å². The number of fused-ring (bicyclic) bond motifs is 2. The van der Waals surface area contributed by atoms with Gasteiger partial charge >= 0.3 is 0 Å². The monoisotopic (exact) mass is 352 g/mol. The molecule has 1 unspecified atom stereocenters. The molecule has 2 aromatic heterocycles. The van der Waals surface area contributed by atoms with Crippen molar-refractivity contribution in [2.45, 2.75) is 38.0 Å². The second-order valence-electron chi connectivity index (χ2n) is 6.85. The molecule has 0 bridgehead atoms. The van der Waals surface area contributed by atoms with Gasteiger partial charge in [-0.1, -0.05) is 11.2 Å². The molecule has 1 saturated carbocycles. The molecule has 4 heterocycles. The number of rotatable bonds is 3. The third-order valence-electron chi connectivity index (χ3n) is 5.01. The zero-order valence-corrected chi connectivity index (χ0v) is 13.9. The van der Waals surface area contributed by atoms with Crippen molar-refractivity contribution in [2.75, 3.05) is 6.79 Å². The maximum absolute atomic E-state index is 6.03. The average Bonchev–Trinajstić information content (AvgIpc) is 3.11. The van der Waals surface area contributed by atoms with Gasteiger partial charge in [-0.15, -0.1) is 0 Å². The molecule has 0 spiro atoms. The fourth-order valence-corrected chi connectivity index (χ4v) is 3.39. The van der Waals surface area contributed by atoms with Gasteiger partial charge in [0.25, 0.3) is 5.89 Å². The highest BCUT2D eigenvalue weighted by atomic mass is 16.7. The van der Waals surface area contributed by atoms with Crippen LogP contribution < -0.4 is 9.47 Å². The largest absolute Gasteiger partial charge is 0.454 e. The molecular formula is C18H16N4O4. The molecule has 8 heteroatoms. The van der Waals surface area contributed by atoms with Gasteiger partial charge in [0.2, 0.25) is 6.79 Å². The first-order chi connectivity index (χ1) is 12.8. The Hall–Kier alpha value is -2.87. The van der Waals surface area contributed by atoms with E-state index in [1.54, 1.807) is 0 Å². The summed E-state index contributed by atoms with van der Waals surface area (Å²) >= 11 is 0. The van der Waals surface area contributed by atoms with E-state index in [1.165, 1.54) is 0 Å². The molecule has 3 aromatic rings. The van der Waals surface area contributed by atoms with E-state index in [4.69, 9.17) is 18.7 Å². The first kappa shape index (κ1) is 14.3. The van der Waals surface area contributed by atoms with Gasteiger partial charge in [0.1, 0.15) is 6.10 Å². The van der Waals surface area contributed by atoms with Crippen LogP contribution in [0.5, 0.6) is 11.5 Å². The van der Waals surface area contributed by atoms with E-state index in [2.05, 4.69) is 15.2 Å². The molecule has 3 aliphatic rings. The predicted octanol–water partition coefficient (Wildman–Crippen LogP) is 2.81. The van der Waals surface area contributed by atoms with Gasteiger partial charge in [-0.05, 0) is 36.6 Å². The van der Waals surface area contributed by atoms with Crippen LogP contribution in [0.3, 0.4) is 0 Å². The van der Waals surface area contributed by atoms with E-state index in [-0.39, 0.29) is 12.9 Å². The van der Waals surface area contributed by atoms with Gasteiger partial charge in [-0.25, -0.2) is 0 Å². The quantitative estimate of drug-likeness (QED) is 0.716. The normalized spacial score (nSPS) is 21.0. The summed E-state index contributed by atoms with van der Waals surface area (Å²) in [5, 5.41) is 8.71. The summed E-state index contributed by atoms with van der Waals surface area (Å²) in [6.45, 7) is 1.37. The first-order valence-electron chi connectivity index (χ1n) is 8.75. The second-order valence-corrected chi connectivity index (χ2v) is 6.85. The van der Waals surface area contributed by atoms with Crippen LogP contribution in [0, 0.1) is 0 Å². The first-order valence-corrected chi connectivity index (χ1v) is 8.75. The van der Waals surface area contributed by atoms with Gasteiger partial charge in [0.05, 0.1) is 18.8 Å². The van der Waals surface area contributed by atoms with Crippen molar-refractivity contribution in [2.24, 2.45) is 0 Å². The van der Waals surface area contributed by atoms with Crippen LogP contribution in [0.1, 0.15) is 41.9 Å². The average molecular weight is 352 g/mol. The number of hydrogen-bond acceptors (Lipinski definition) is 7. The Bertz CT molecular complexity index is 991. The molecule has 132 valence electrons. The van der Waals surface area contributed by atoms with Crippen molar-refractivity contribution in [3.05, 3.63) is 41.3 Å². The van der Waals surface area contributed by atoms with E-state index >= 15 is 0 Å². The fourth-order valence-electron chi connectivity index (χ4n) is 3.39. The smallest absolute Gasteiger partial charge is 0.278 e. The van der Waals surface area contributed by atoms with Crippen molar-refractivity contribution < 1.29 is 18.7 Å². The van der Waals surface area contributed by atoms with Gasteiger partial charge < -0.3 is 18.7 Å². The Kier molecular flexibility index (Phi) is 2.92. The molecule has 1 aliphatic carbocycles. The number of hydrogen-bond donors (Lipinski definition) is 0. The van der Waals surface area contributed by atoms with E-state index in [9.17, 15) is 0 Å². The highest BCUT2D eigenvalue weighted by molar-refractivity contribution is 5.48. The Morgan fingerprint density at radius 2 is 2.00 bits per heavy atom. The summed E-state index contributed by atoms with van der Waals surface area (Å²) < 4.78 is 24.2. The molecule has 26 heavy (non-hydrogen) atoms. The third kappa shape index (κ3) is 2.29. The molecule has 0 N–H and O–H groups in total. The van der Waals surface area contributed by atoms with Crippen molar-refractivity contribution in [3.63, 3.8) is 0 Å². The summed E-state index contributed by atoms with van der Waals surface area (Å²) in [5.74, 6) is 3.27. The highest BCUT2D eigenvalue weighted by Gasteiger charge is 2.30. The minimum Gasteiger partial charge on any atom is -0.454 e. The summed E-state index contributed by atoms with van der Waals surface area (Å²) in [4.78, 5) is 4.48. The lowest BCUT2D eigenvalue weighted by atomic mass is 10.1. The lowest BCUT2D eigenvalue weighted by Gasteiger charge is -2.24. The van der Waals surface area contributed by atoms with Crippen molar-refractivity contribution in [1.29, 1.82) is 0 Å². The zero-order valence-electron chi connectivity index (χ0n) is 13.9. The molecule has 0 radical (unpaired) electrons. The van der Waals surface area contributed by atoms with Crippen LogP contribution in [0.15, 0.2) is 28.8 Å². The molecule has 2 aliphatic heterocycles. The Labute approximate surface area is 148 Å². The second kappa shape index (κ2) is 5.31. The number of nitrogens with zero attached hydrogens (tertiary/aromatic N) is 4. The van der Waals surface area contributed by atoms with Crippen molar-refractivity contribution >= 4 is 0 Å². The van der Waals surface area contributed by atoms with Gasteiger partial charge in [-0.2, -0.15) is 10.1 Å². The number of aromatic nitrogens is 4. The van der Waals surface area contributed by atoms with Crippen LogP contribution in [0.25, 0.3) is 11.6 Å². The highest BCUT2D eigenvalue weighted by Crippen LogP contribution is 2.39. The maximum Gasteiger partial charge on any atom is 0.278 e. The minimum absolute atomic E-state index is 0.0885. The van der Waals surface area contributed by atoms with Gasteiger partial charge in [-0.3, -0.25) is 4.68 Å². The van der Waals surface area contributed by atoms with E-state index in [1.807, 2.05) is 28.9 Å². The summed E-state index contributed by atoms with van der Waals surface area (Å²) in [7, 11) is 0.